The topological polar surface area (TPSA) is 38.7 Å². The number of β-amino-alcohol motifs (C(OH)–C–C–N with tert-alkyl or cyclic N) is 1. The largest absolute Gasteiger partial charge is 0.388 e. The van der Waals surface area contributed by atoms with Gasteiger partial charge in [-0.1, -0.05) is 36.4 Å². The van der Waals surface area contributed by atoms with Crippen LogP contribution in [0.15, 0.2) is 60.8 Å². The van der Waals surface area contributed by atoms with Crippen molar-refractivity contribution < 1.29 is 5.11 Å². The highest BCUT2D eigenvalue weighted by molar-refractivity contribution is 6.30. The van der Waals surface area contributed by atoms with Crippen molar-refractivity contribution in [2.75, 3.05) is 42.9 Å². The fourth-order valence-electron chi connectivity index (χ4n) is 3.97. The number of anilines is 2. The van der Waals surface area contributed by atoms with Crippen LogP contribution in [0.4, 0.5) is 11.4 Å². The smallest absolute Gasteiger partial charge is 0.0851 e. The summed E-state index contributed by atoms with van der Waals surface area (Å²) in [5.74, 6) is 0. The van der Waals surface area contributed by atoms with Crippen LogP contribution >= 0.6 is 11.6 Å². The van der Waals surface area contributed by atoms with Gasteiger partial charge in [-0.15, -0.1) is 0 Å². The fraction of sp³-hybridized carbons (Fsp3) is 0.333. The van der Waals surface area contributed by atoms with Crippen LogP contribution in [0.5, 0.6) is 0 Å². The highest BCUT2D eigenvalue weighted by Crippen LogP contribution is 2.27. The van der Waals surface area contributed by atoms with E-state index in [4.69, 9.17) is 11.6 Å². The van der Waals surface area contributed by atoms with Gasteiger partial charge in [-0.2, -0.15) is 0 Å². The van der Waals surface area contributed by atoms with Crippen LogP contribution in [0.1, 0.15) is 17.5 Å². The molecule has 0 amide bonds. The number of aliphatic hydroxyl groups excluding tert-OH is 1. The van der Waals surface area contributed by atoms with E-state index in [1.54, 1.807) is 0 Å². The molecule has 1 saturated heterocycles. The number of fused-ring (bicyclic) bond motifs is 1. The van der Waals surface area contributed by atoms with E-state index in [2.05, 4.69) is 52.0 Å². The molecule has 1 fully saturated rings. The number of piperazine rings is 1. The zero-order chi connectivity index (χ0) is 20.2. The maximum Gasteiger partial charge on any atom is 0.0851 e. The number of allylic oxidation sites excluding steroid dienone is 1. The molecule has 4 nitrogen and oxygen atoms in total. The Hall–Kier alpha value is -2.27. The van der Waals surface area contributed by atoms with Gasteiger partial charge >= 0.3 is 0 Å². The van der Waals surface area contributed by atoms with Crippen molar-refractivity contribution in [1.29, 1.82) is 0 Å². The Morgan fingerprint density at radius 1 is 1.07 bits per heavy atom. The van der Waals surface area contributed by atoms with Gasteiger partial charge in [0, 0.05) is 54.8 Å². The summed E-state index contributed by atoms with van der Waals surface area (Å²) in [5.41, 5.74) is 5.88. The number of aryl methyl sites for hydroxylation is 1. The molecule has 2 N–H and O–H groups in total. The van der Waals surface area contributed by atoms with Gasteiger partial charge in [0.15, 0.2) is 0 Å². The lowest BCUT2D eigenvalue weighted by Gasteiger charge is -2.36. The van der Waals surface area contributed by atoms with Gasteiger partial charge in [0.1, 0.15) is 0 Å². The number of hydrogen-bond donors (Lipinski definition) is 2. The highest BCUT2D eigenvalue weighted by Gasteiger charge is 2.18. The third-order valence-corrected chi connectivity index (χ3v) is 5.91. The lowest BCUT2D eigenvalue weighted by molar-refractivity contribution is 0.142. The molecule has 1 unspecified atom stereocenters. The van der Waals surface area contributed by atoms with Gasteiger partial charge in [-0.3, -0.25) is 4.90 Å². The molecular weight excluding hydrogens is 382 g/mol. The van der Waals surface area contributed by atoms with E-state index in [9.17, 15) is 5.11 Å². The van der Waals surface area contributed by atoms with Gasteiger partial charge < -0.3 is 15.3 Å². The summed E-state index contributed by atoms with van der Waals surface area (Å²) < 4.78 is 0. The van der Waals surface area contributed by atoms with Crippen molar-refractivity contribution in [3.8, 4) is 0 Å². The fourth-order valence-corrected chi connectivity index (χ4v) is 4.10. The van der Waals surface area contributed by atoms with E-state index in [0.29, 0.717) is 6.54 Å². The molecule has 0 bridgehead atoms. The van der Waals surface area contributed by atoms with Crippen LogP contribution in [-0.4, -0.2) is 48.8 Å². The van der Waals surface area contributed by atoms with Crippen molar-refractivity contribution in [3.05, 3.63) is 77.0 Å². The predicted molar refractivity (Wildman–Crippen MR) is 123 cm³/mol. The molecule has 2 aliphatic rings. The van der Waals surface area contributed by atoms with Crippen molar-refractivity contribution in [2.24, 2.45) is 0 Å². The first-order chi connectivity index (χ1) is 14.1. The minimum atomic E-state index is -0.467. The van der Waals surface area contributed by atoms with Gasteiger partial charge in [-0.05, 0) is 60.4 Å². The third kappa shape index (κ3) is 5.21. The number of nitrogens with zero attached hydrogens (tertiary/aromatic N) is 2. The second-order valence-corrected chi connectivity index (χ2v) is 8.27. The van der Waals surface area contributed by atoms with E-state index < -0.39 is 6.10 Å². The summed E-state index contributed by atoms with van der Waals surface area (Å²) in [4.78, 5) is 4.69. The zero-order valence-corrected chi connectivity index (χ0v) is 17.4. The van der Waals surface area contributed by atoms with Gasteiger partial charge in [0.05, 0.1) is 6.10 Å². The average Bonchev–Trinajstić information content (AvgIpc) is 2.73. The average molecular weight is 410 g/mol. The lowest BCUT2D eigenvalue weighted by Crippen LogP contribution is -2.48. The van der Waals surface area contributed by atoms with Gasteiger partial charge in [0.25, 0.3) is 0 Å². The lowest BCUT2D eigenvalue weighted by atomic mass is 9.99. The van der Waals surface area contributed by atoms with Crippen LogP contribution in [0, 0.1) is 0 Å². The van der Waals surface area contributed by atoms with Crippen molar-refractivity contribution >= 4 is 29.1 Å². The van der Waals surface area contributed by atoms with E-state index in [1.807, 2.05) is 24.3 Å². The Balaban J connectivity index is 1.27. The number of aliphatic hydroxyl groups is 1. The predicted octanol–water partition coefficient (Wildman–Crippen LogP) is 4.41. The van der Waals surface area contributed by atoms with E-state index in [1.165, 1.54) is 11.3 Å². The van der Waals surface area contributed by atoms with Crippen LogP contribution in [0.25, 0.3) is 6.08 Å². The summed E-state index contributed by atoms with van der Waals surface area (Å²) in [6.45, 7) is 8.48. The molecule has 2 aliphatic heterocycles. The normalized spacial score (nSPS) is 18.6. The van der Waals surface area contributed by atoms with Crippen LogP contribution < -0.4 is 10.2 Å². The monoisotopic (exact) mass is 409 g/mol. The standard InChI is InChI=1S/C24H28ClN3O/c1-18-2-5-20-16-19(4-11-24(20)26-18)3-10-23(29)17-27-12-14-28(15-13-27)22-8-6-21(25)7-9-22/h3-4,6-11,16,23,26,29H,1-2,5,12-15,17H2/b10-3+. The van der Waals surface area contributed by atoms with E-state index in [-0.39, 0.29) is 0 Å². The van der Waals surface area contributed by atoms with Crippen molar-refractivity contribution in [1.82, 2.24) is 4.90 Å². The summed E-state index contributed by atoms with van der Waals surface area (Å²) in [6, 6.07) is 14.4. The maximum atomic E-state index is 10.5. The highest BCUT2D eigenvalue weighted by atomic mass is 35.5. The van der Waals surface area contributed by atoms with Gasteiger partial charge in [-0.25, -0.2) is 0 Å². The molecule has 1 atom stereocenters. The molecule has 152 valence electrons. The number of benzene rings is 2. The summed E-state index contributed by atoms with van der Waals surface area (Å²) >= 11 is 5.98. The van der Waals surface area contributed by atoms with Crippen LogP contribution in [0.2, 0.25) is 5.02 Å². The molecule has 2 heterocycles. The minimum Gasteiger partial charge on any atom is -0.388 e. The summed E-state index contributed by atoms with van der Waals surface area (Å²) in [6.07, 6.45) is 5.46. The second-order valence-electron chi connectivity index (χ2n) is 7.84. The quantitative estimate of drug-likeness (QED) is 0.767. The Labute approximate surface area is 178 Å². The molecule has 0 aliphatic carbocycles. The van der Waals surface area contributed by atoms with Crippen LogP contribution in [0.3, 0.4) is 0 Å². The molecule has 5 heteroatoms. The Kier molecular flexibility index (Phi) is 6.24. The molecule has 0 spiro atoms. The SMILES string of the molecule is C=C1CCc2cc(/C=C/C(O)CN3CCN(c4ccc(Cl)cc4)CC3)ccc2N1. The molecule has 0 saturated carbocycles. The minimum absolute atomic E-state index is 0.467. The first-order valence-corrected chi connectivity index (χ1v) is 10.6. The van der Waals surface area contributed by atoms with Crippen LogP contribution in [-0.2, 0) is 6.42 Å². The first-order valence-electron chi connectivity index (χ1n) is 10.2. The molecule has 29 heavy (non-hydrogen) atoms. The molecule has 2 aromatic carbocycles. The van der Waals surface area contributed by atoms with Crippen molar-refractivity contribution in [3.63, 3.8) is 0 Å². The molecular formula is C24H28ClN3O. The molecule has 2 aromatic rings. The Bertz CT molecular complexity index is 885. The summed E-state index contributed by atoms with van der Waals surface area (Å²) in [7, 11) is 0. The molecule has 4 rings (SSSR count). The second kappa shape index (κ2) is 9.04. The third-order valence-electron chi connectivity index (χ3n) is 5.66. The Morgan fingerprint density at radius 3 is 2.59 bits per heavy atom. The Morgan fingerprint density at radius 2 is 1.83 bits per heavy atom. The number of nitrogens with one attached hydrogen (secondary N) is 1. The van der Waals surface area contributed by atoms with E-state index in [0.717, 1.165) is 61.0 Å². The molecule has 0 aromatic heterocycles. The van der Waals surface area contributed by atoms with E-state index >= 15 is 0 Å². The summed E-state index contributed by atoms with van der Waals surface area (Å²) in [5, 5.41) is 14.6. The molecule has 0 radical (unpaired) electrons. The van der Waals surface area contributed by atoms with Gasteiger partial charge in [0.2, 0.25) is 0 Å². The van der Waals surface area contributed by atoms with Crippen molar-refractivity contribution in [2.45, 2.75) is 18.9 Å². The number of hydrogen-bond acceptors (Lipinski definition) is 4. The number of rotatable bonds is 5. The maximum absolute atomic E-state index is 10.5. The number of halogens is 1. The zero-order valence-electron chi connectivity index (χ0n) is 16.6. The first kappa shape index (κ1) is 20.0.